The van der Waals surface area contributed by atoms with Crippen LogP contribution in [0.4, 0.5) is 0 Å². The molecule has 1 aromatic heterocycles. The molecule has 0 amide bonds. The number of hydrogen-bond donors (Lipinski definition) is 1. The van der Waals surface area contributed by atoms with Gasteiger partial charge in [-0.3, -0.25) is 0 Å². The van der Waals surface area contributed by atoms with E-state index in [2.05, 4.69) is 56.3 Å². The Balaban J connectivity index is 2.26. The molecule has 0 saturated carbocycles. The third-order valence-electron chi connectivity index (χ3n) is 3.59. The van der Waals surface area contributed by atoms with Crippen LogP contribution in [-0.2, 0) is 0 Å². The van der Waals surface area contributed by atoms with E-state index in [1.54, 1.807) is 0 Å². The Morgan fingerprint density at radius 2 is 2.05 bits per heavy atom. The minimum absolute atomic E-state index is 0.287. The van der Waals surface area contributed by atoms with Gasteiger partial charge < -0.3 is 10.3 Å². The third kappa shape index (κ3) is 3.68. The smallest absolute Gasteiger partial charge is 0.0345 e. The van der Waals surface area contributed by atoms with Crippen LogP contribution in [0.3, 0.4) is 0 Å². The third-order valence-corrected chi connectivity index (χ3v) is 4.82. The monoisotopic (exact) mass is 288 g/mol. The fourth-order valence-corrected chi connectivity index (χ4v) is 3.73. The van der Waals surface area contributed by atoms with Gasteiger partial charge in [0.05, 0.1) is 0 Å². The first-order valence-corrected chi connectivity index (χ1v) is 8.14. The maximum atomic E-state index is 8.39. The minimum atomic E-state index is 0.287. The molecular weight excluding hydrogens is 264 g/mol. The molecule has 1 heterocycles. The number of fused-ring (bicyclic) bond motifs is 1. The Kier molecular flexibility index (Phi) is 5.32. The van der Waals surface area contributed by atoms with Gasteiger partial charge in [-0.25, -0.2) is 0 Å². The summed E-state index contributed by atoms with van der Waals surface area (Å²) in [7, 11) is 4.21. The zero-order valence-electron chi connectivity index (χ0n) is 12.6. The fraction of sp³-hybridized carbons (Fsp3) is 0.471. The maximum Gasteiger partial charge on any atom is 0.0345 e. The van der Waals surface area contributed by atoms with Crippen LogP contribution in [0.1, 0.15) is 37.0 Å². The normalized spacial score (nSPS) is 13.0. The fourth-order valence-electron chi connectivity index (χ4n) is 2.49. The van der Waals surface area contributed by atoms with E-state index in [0.29, 0.717) is 0 Å². The summed E-state index contributed by atoms with van der Waals surface area (Å²) in [5.41, 5.74) is 0.890. The molecule has 1 N–H and O–H groups in total. The Labute approximate surface area is 125 Å². The Hall–Kier alpha value is -1.19. The molecule has 1 aromatic carbocycles. The highest BCUT2D eigenvalue weighted by molar-refractivity contribution is 7.19. The van der Waals surface area contributed by atoms with Crippen molar-refractivity contribution in [2.45, 2.75) is 32.1 Å². The summed E-state index contributed by atoms with van der Waals surface area (Å²) in [6.45, 7) is 3.19. The maximum absolute atomic E-state index is 8.39. The molecule has 1 atom stereocenters. The van der Waals surface area contributed by atoms with Crippen molar-refractivity contribution < 1.29 is 0 Å². The molecule has 0 aliphatic rings. The molecule has 108 valence electrons. The molecule has 2 nitrogen and oxygen atoms in total. The van der Waals surface area contributed by atoms with E-state index in [1.807, 2.05) is 11.3 Å². The largest absolute Gasteiger partial charge is 0.309 e. The van der Waals surface area contributed by atoms with Crippen molar-refractivity contribution in [3.05, 3.63) is 35.2 Å². The summed E-state index contributed by atoms with van der Waals surface area (Å²) >= 11 is 1.85. The van der Waals surface area contributed by atoms with Crippen molar-refractivity contribution >= 4 is 27.1 Å². The van der Waals surface area contributed by atoms with Crippen molar-refractivity contribution in [1.29, 1.82) is 5.41 Å². The molecule has 2 aromatic rings. The molecule has 0 bridgehead atoms. The van der Waals surface area contributed by atoms with E-state index in [4.69, 9.17) is 5.41 Å². The predicted molar refractivity (Wildman–Crippen MR) is 90.4 cm³/mol. The number of rotatable bonds is 7. The van der Waals surface area contributed by atoms with E-state index in [-0.39, 0.29) is 5.92 Å². The zero-order valence-corrected chi connectivity index (χ0v) is 13.5. The first-order chi connectivity index (χ1) is 9.61. The quantitative estimate of drug-likeness (QED) is 0.731. The van der Waals surface area contributed by atoms with Crippen molar-refractivity contribution in [3.8, 4) is 0 Å². The van der Waals surface area contributed by atoms with Gasteiger partial charge in [0.15, 0.2) is 0 Å². The lowest BCUT2D eigenvalue weighted by atomic mass is 9.94. The standard InChI is InChI=1S/C17H24N2S/c1-4-7-15(18)14(10-11-19(2)3)17-12-13-8-5-6-9-16(13)20-17/h5-6,8-9,12,14,18H,4,7,10-11H2,1-3H3. The van der Waals surface area contributed by atoms with E-state index >= 15 is 0 Å². The van der Waals surface area contributed by atoms with Crippen LogP contribution < -0.4 is 0 Å². The highest BCUT2D eigenvalue weighted by atomic mass is 32.1. The Morgan fingerprint density at radius 1 is 1.30 bits per heavy atom. The van der Waals surface area contributed by atoms with Gasteiger partial charge in [-0.05, 0) is 51.0 Å². The molecule has 0 aliphatic carbocycles. The Morgan fingerprint density at radius 3 is 2.70 bits per heavy atom. The molecule has 0 fully saturated rings. The molecular formula is C17H24N2S. The molecule has 0 saturated heterocycles. The lowest BCUT2D eigenvalue weighted by Gasteiger charge is -2.19. The second-order valence-corrected chi connectivity index (χ2v) is 6.72. The molecule has 20 heavy (non-hydrogen) atoms. The second kappa shape index (κ2) is 7.00. The lowest BCUT2D eigenvalue weighted by Crippen LogP contribution is -2.19. The summed E-state index contributed by atoms with van der Waals surface area (Å²) in [5, 5.41) is 9.70. The second-order valence-electron chi connectivity index (χ2n) is 5.61. The van der Waals surface area contributed by atoms with E-state index in [9.17, 15) is 0 Å². The summed E-state index contributed by atoms with van der Waals surface area (Å²) in [6.07, 6.45) is 3.01. The van der Waals surface area contributed by atoms with Crippen molar-refractivity contribution in [2.24, 2.45) is 0 Å². The van der Waals surface area contributed by atoms with Crippen molar-refractivity contribution in [2.75, 3.05) is 20.6 Å². The van der Waals surface area contributed by atoms with Gasteiger partial charge in [0.25, 0.3) is 0 Å². The SMILES string of the molecule is CCCC(=N)C(CCN(C)C)c1cc2ccccc2s1. The van der Waals surface area contributed by atoms with Crippen molar-refractivity contribution in [3.63, 3.8) is 0 Å². The predicted octanol–water partition coefficient (Wildman–Crippen LogP) is 4.76. The number of hydrogen-bond acceptors (Lipinski definition) is 3. The summed E-state index contributed by atoms with van der Waals surface area (Å²) in [4.78, 5) is 3.56. The number of thiophene rings is 1. The van der Waals surface area contributed by atoms with Gasteiger partial charge in [0.2, 0.25) is 0 Å². The molecule has 0 spiro atoms. The van der Waals surface area contributed by atoms with E-state index < -0.39 is 0 Å². The first kappa shape index (κ1) is 15.2. The van der Waals surface area contributed by atoms with Crippen molar-refractivity contribution in [1.82, 2.24) is 4.90 Å². The Bertz CT molecular complexity index is 538. The number of nitrogens with zero attached hydrogens (tertiary/aromatic N) is 1. The summed E-state index contributed by atoms with van der Waals surface area (Å²) < 4.78 is 1.33. The molecule has 3 heteroatoms. The van der Waals surface area contributed by atoms with Gasteiger partial charge in [0, 0.05) is 21.2 Å². The number of benzene rings is 1. The lowest BCUT2D eigenvalue weighted by molar-refractivity contribution is 0.395. The van der Waals surface area contributed by atoms with Crippen LogP contribution >= 0.6 is 11.3 Å². The van der Waals surface area contributed by atoms with Gasteiger partial charge in [0.1, 0.15) is 0 Å². The van der Waals surface area contributed by atoms with E-state index in [0.717, 1.165) is 31.5 Å². The zero-order chi connectivity index (χ0) is 14.5. The van der Waals surface area contributed by atoms with Gasteiger partial charge >= 0.3 is 0 Å². The topological polar surface area (TPSA) is 27.1 Å². The number of nitrogens with one attached hydrogen (secondary N) is 1. The summed E-state index contributed by atoms with van der Waals surface area (Å²) in [6, 6.07) is 10.8. The van der Waals surface area contributed by atoms with E-state index in [1.165, 1.54) is 15.0 Å². The molecule has 0 aliphatic heterocycles. The highest BCUT2D eigenvalue weighted by Gasteiger charge is 2.19. The van der Waals surface area contributed by atoms with Crippen LogP contribution in [0.25, 0.3) is 10.1 Å². The average molecular weight is 288 g/mol. The summed E-state index contributed by atoms with van der Waals surface area (Å²) in [5.74, 6) is 0.287. The van der Waals surface area contributed by atoms with Gasteiger partial charge in [-0.1, -0.05) is 31.5 Å². The molecule has 2 rings (SSSR count). The van der Waals surface area contributed by atoms with Crippen LogP contribution in [0.2, 0.25) is 0 Å². The minimum Gasteiger partial charge on any atom is -0.309 e. The first-order valence-electron chi connectivity index (χ1n) is 7.32. The van der Waals surface area contributed by atoms with Crippen LogP contribution in [0.15, 0.2) is 30.3 Å². The highest BCUT2D eigenvalue weighted by Crippen LogP contribution is 2.34. The van der Waals surface area contributed by atoms with Gasteiger partial charge in [-0.2, -0.15) is 0 Å². The average Bonchev–Trinajstić information content (AvgIpc) is 2.82. The molecule has 0 radical (unpaired) electrons. The molecule has 1 unspecified atom stereocenters. The van der Waals surface area contributed by atoms with Crippen LogP contribution in [0.5, 0.6) is 0 Å². The van der Waals surface area contributed by atoms with Crippen LogP contribution in [-0.4, -0.2) is 31.3 Å². The van der Waals surface area contributed by atoms with Gasteiger partial charge in [-0.15, -0.1) is 11.3 Å². The van der Waals surface area contributed by atoms with Crippen LogP contribution in [0, 0.1) is 5.41 Å².